The summed E-state index contributed by atoms with van der Waals surface area (Å²) in [6.07, 6.45) is 5.36. The first-order chi connectivity index (χ1) is 18.3. The minimum Gasteiger partial charge on any atom is -0.365 e. The molecule has 4 atom stereocenters. The van der Waals surface area contributed by atoms with E-state index in [4.69, 9.17) is 0 Å². The molecule has 2 saturated heterocycles. The summed E-state index contributed by atoms with van der Waals surface area (Å²) in [6, 6.07) is 14.9. The van der Waals surface area contributed by atoms with Crippen LogP contribution in [-0.4, -0.2) is 51.9 Å². The van der Waals surface area contributed by atoms with Gasteiger partial charge in [-0.2, -0.15) is 0 Å². The van der Waals surface area contributed by atoms with Crippen molar-refractivity contribution in [3.8, 4) is 0 Å². The first-order valence-corrected chi connectivity index (χ1v) is 13.8. The van der Waals surface area contributed by atoms with Crippen molar-refractivity contribution in [2.45, 2.75) is 83.5 Å². The molecule has 0 aliphatic carbocycles. The number of nitrogens with one attached hydrogen (secondary N) is 1. The number of aromatic nitrogens is 2. The summed E-state index contributed by atoms with van der Waals surface area (Å²) in [4.78, 5) is 32.7. The lowest BCUT2D eigenvalue weighted by atomic mass is 9.95. The van der Waals surface area contributed by atoms with Crippen LogP contribution in [0.5, 0.6) is 0 Å². The van der Waals surface area contributed by atoms with Gasteiger partial charge in [-0.3, -0.25) is 9.59 Å². The van der Waals surface area contributed by atoms with Crippen LogP contribution in [-0.2, 0) is 9.59 Å². The van der Waals surface area contributed by atoms with Crippen molar-refractivity contribution in [3.63, 3.8) is 0 Å². The maximum atomic E-state index is 14.4. The lowest BCUT2D eigenvalue weighted by Gasteiger charge is -2.41. The van der Waals surface area contributed by atoms with Gasteiger partial charge in [0.1, 0.15) is 11.3 Å². The van der Waals surface area contributed by atoms with Crippen LogP contribution in [0.25, 0.3) is 11.0 Å². The van der Waals surface area contributed by atoms with E-state index in [0.717, 1.165) is 49.0 Å². The molecule has 5 rings (SSSR count). The number of fused-ring (bicyclic) bond motifs is 3. The van der Waals surface area contributed by atoms with Crippen molar-refractivity contribution in [2.24, 2.45) is 0 Å². The number of aryl methyl sites for hydroxylation is 1. The summed E-state index contributed by atoms with van der Waals surface area (Å²) in [6.45, 7) is 5.98. The van der Waals surface area contributed by atoms with Gasteiger partial charge in [0, 0.05) is 50.7 Å². The van der Waals surface area contributed by atoms with E-state index in [1.54, 1.807) is 18.0 Å². The molecule has 1 aromatic heterocycles. The molecule has 3 heterocycles. The summed E-state index contributed by atoms with van der Waals surface area (Å²) < 4.78 is 16.6. The third-order valence-corrected chi connectivity index (χ3v) is 8.45. The molecule has 202 valence electrons. The fourth-order valence-electron chi connectivity index (χ4n) is 6.46. The standard InChI is InChI=1S/C30H38FN5O2/c1-5-27(33-29(38)14-15-34(4)20(3)37)21-8-6-9-22(16-21)36-23-12-13-24(36)18-25(17-23)35-19(2)32-30-26(31)10-7-11-28(30)35/h6-11,16,23-25,27H,5,12-15,17-18H2,1-4H3,(H,33,38)/t23-,24+,25-,27-/m0/s1. The second-order valence-corrected chi connectivity index (χ2v) is 10.9. The Morgan fingerprint density at radius 2 is 1.84 bits per heavy atom. The fourth-order valence-corrected chi connectivity index (χ4v) is 6.46. The Morgan fingerprint density at radius 1 is 1.13 bits per heavy atom. The van der Waals surface area contributed by atoms with Crippen LogP contribution in [0.4, 0.5) is 10.1 Å². The molecule has 3 aromatic rings. The molecule has 2 aliphatic heterocycles. The Labute approximate surface area is 224 Å². The predicted octanol–water partition coefficient (Wildman–Crippen LogP) is 5.29. The first kappa shape index (κ1) is 26.2. The number of para-hydroxylation sites is 1. The number of benzene rings is 2. The molecule has 0 spiro atoms. The second-order valence-electron chi connectivity index (χ2n) is 10.9. The Morgan fingerprint density at radius 3 is 2.53 bits per heavy atom. The molecule has 2 bridgehead atoms. The van der Waals surface area contributed by atoms with Crippen LogP contribution in [0, 0.1) is 12.7 Å². The van der Waals surface area contributed by atoms with Gasteiger partial charge in [-0.15, -0.1) is 0 Å². The van der Waals surface area contributed by atoms with Crippen molar-refractivity contribution in [2.75, 3.05) is 18.5 Å². The van der Waals surface area contributed by atoms with Crippen LogP contribution in [0.1, 0.15) is 75.8 Å². The van der Waals surface area contributed by atoms with Crippen molar-refractivity contribution in [1.29, 1.82) is 0 Å². The Hall–Kier alpha value is -3.42. The monoisotopic (exact) mass is 519 g/mol. The number of piperidine rings is 1. The zero-order valence-corrected chi connectivity index (χ0v) is 22.8. The van der Waals surface area contributed by atoms with Crippen LogP contribution in [0.15, 0.2) is 42.5 Å². The van der Waals surface area contributed by atoms with Crippen LogP contribution in [0.2, 0.25) is 0 Å². The third-order valence-electron chi connectivity index (χ3n) is 8.45. The SMILES string of the molecule is CC[C@H](NC(=O)CCN(C)C(C)=O)c1cccc(N2[C@@H]3CC[C@H]2C[C@H](n2c(C)nc4c(F)cccc42)C3)c1. The van der Waals surface area contributed by atoms with Crippen molar-refractivity contribution < 1.29 is 14.0 Å². The molecule has 38 heavy (non-hydrogen) atoms. The van der Waals surface area contributed by atoms with E-state index in [2.05, 4.69) is 51.0 Å². The highest BCUT2D eigenvalue weighted by molar-refractivity contribution is 5.78. The van der Waals surface area contributed by atoms with E-state index < -0.39 is 0 Å². The smallest absolute Gasteiger partial charge is 0.222 e. The molecule has 1 N–H and O–H groups in total. The van der Waals surface area contributed by atoms with E-state index in [1.165, 1.54) is 18.7 Å². The van der Waals surface area contributed by atoms with Gasteiger partial charge in [0.15, 0.2) is 5.82 Å². The van der Waals surface area contributed by atoms with Gasteiger partial charge in [-0.25, -0.2) is 9.37 Å². The maximum absolute atomic E-state index is 14.4. The quantitative estimate of drug-likeness (QED) is 0.439. The van der Waals surface area contributed by atoms with E-state index in [9.17, 15) is 14.0 Å². The highest BCUT2D eigenvalue weighted by atomic mass is 19.1. The summed E-state index contributed by atoms with van der Waals surface area (Å²) in [7, 11) is 1.71. The minimum atomic E-state index is -0.259. The van der Waals surface area contributed by atoms with Crippen LogP contribution >= 0.6 is 0 Å². The van der Waals surface area contributed by atoms with Crippen LogP contribution in [0.3, 0.4) is 0 Å². The largest absolute Gasteiger partial charge is 0.365 e. The molecule has 2 aromatic carbocycles. The number of hydrogen-bond donors (Lipinski definition) is 1. The van der Waals surface area contributed by atoms with Gasteiger partial charge in [-0.1, -0.05) is 25.1 Å². The number of hydrogen-bond acceptors (Lipinski definition) is 4. The molecule has 7 nitrogen and oxygen atoms in total. The topological polar surface area (TPSA) is 70.5 Å². The molecular formula is C30H38FN5O2. The molecule has 0 unspecified atom stereocenters. The number of halogens is 1. The maximum Gasteiger partial charge on any atom is 0.222 e. The molecule has 2 amide bonds. The average Bonchev–Trinajstić information content (AvgIpc) is 3.38. The van der Waals surface area contributed by atoms with Gasteiger partial charge >= 0.3 is 0 Å². The number of amides is 2. The van der Waals surface area contributed by atoms with Gasteiger partial charge in [0.05, 0.1) is 11.6 Å². The number of carbonyl (C=O) groups is 2. The molecule has 8 heteroatoms. The predicted molar refractivity (Wildman–Crippen MR) is 148 cm³/mol. The Kier molecular flexibility index (Phi) is 7.41. The van der Waals surface area contributed by atoms with Crippen LogP contribution < -0.4 is 10.2 Å². The first-order valence-electron chi connectivity index (χ1n) is 13.8. The normalized spacial score (nSPS) is 21.5. The van der Waals surface area contributed by atoms with Gasteiger partial charge < -0.3 is 19.7 Å². The van der Waals surface area contributed by atoms with E-state index in [-0.39, 0.29) is 30.1 Å². The number of anilines is 1. The van der Waals surface area contributed by atoms with E-state index in [0.29, 0.717) is 30.2 Å². The highest BCUT2D eigenvalue weighted by Crippen LogP contribution is 2.45. The highest BCUT2D eigenvalue weighted by Gasteiger charge is 2.42. The average molecular weight is 520 g/mol. The summed E-state index contributed by atoms with van der Waals surface area (Å²) in [5.74, 6) is 0.529. The summed E-state index contributed by atoms with van der Waals surface area (Å²) in [5.41, 5.74) is 3.66. The zero-order chi connectivity index (χ0) is 27.0. The number of carbonyl (C=O) groups excluding carboxylic acids is 2. The fraction of sp³-hybridized carbons (Fsp3) is 0.500. The number of nitrogens with zero attached hydrogens (tertiary/aromatic N) is 4. The molecular weight excluding hydrogens is 481 g/mol. The molecule has 2 aliphatic rings. The van der Waals surface area contributed by atoms with Crippen molar-refractivity contribution >= 4 is 28.5 Å². The summed E-state index contributed by atoms with van der Waals surface area (Å²) in [5, 5.41) is 3.16. The Bertz CT molecular complexity index is 1320. The van der Waals surface area contributed by atoms with Gasteiger partial charge in [0.25, 0.3) is 0 Å². The number of rotatable bonds is 8. The second kappa shape index (κ2) is 10.8. The Balaban J connectivity index is 1.31. The third kappa shape index (κ3) is 5.00. The molecule has 0 saturated carbocycles. The lowest BCUT2D eigenvalue weighted by Crippen LogP contribution is -2.43. The minimum absolute atomic E-state index is 0.0421. The van der Waals surface area contributed by atoms with Gasteiger partial charge in [0.2, 0.25) is 11.8 Å². The summed E-state index contributed by atoms with van der Waals surface area (Å²) >= 11 is 0. The lowest BCUT2D eigenvalue weighted by molar-refractivity contribution is -0.128. The molecule has 0 radical (unpaired) electrons. The van der Waals surface area contributed by atoms with E-state index >= 15 is 0 Å². The number of imidazole rings is 1. The van der Waals surface area contributed by atoms with Crippen molar-refractivity contribution in [1.82, 2.24) is 19.8 Å². The van der Waals surface area contributed by atoms with Gasteiger partial charge in [-0.05, 0) is 68.9 Å². The molecule has 2 fully saturated rings. The zero-order valence-electron chi connectivity index (χ0n) is 22.8. The van der Waals surface area contributed by atoms with Crippen molar-refractivity contribution in [3.05, 3.63) is 59.7 Å². The van der Waals surface area contributed by atoms with E-state index in [1.807, 2.05) is 13.0 Å².